The number of nitrogens with one attached hydrogen (secondary N) is 1. The Hall–Kier alpha value is -2.37. The second-order valence-corrected chi connectivity index (χ2v) is 6.40. The lowest BCUT2D eigenvalue weighted by Gasteiger charge is -2.23. The van der Waals surface area contributed by atoms with Crippen molar-refractivity contribution in [2.75, 3.05) is 11.9 Å². The molecule has 0 fully saturated rings. The molecule has 0 spiro atoms. The maximum absolute atomic E-state index is 12.7. The molecule has 0 radical (unpaired) electrons. The lowest BCUT2D eigenvalue weighted by Crippen LogP contribution is -2.31. The third kappa shape index (κ3) is 6.08. The number of carbonyl (C=O) groups excluding carboxylic acids is 2. The van der Waals surface area contributed by atoms with E-state index in [4.69, 9.17) is 5.73 Å². The van der Waals surface area contributed by atoms with E-state index < -0.39 is 0 Å². The zero-order chi connectivity index (χ0) is 19.1. The number of para-hydroxylation sites is 1. The molecule has 0 saturated carbocycles. The van der Waals surface area contributed by atoms with Crippen LogP contribution in [0, 0.1) is 5.92 Å². The fourth-order valence-corrected chi connectivity index (χ4v) is 2.81. The van der Waals surface area contributed by atoms with Gasteiger partial charge < -0.3 is 16.0 Å². The van der Waals surface area contributed by atoms with Crippen molar-refractivity contribution < 1.29 is 9.59 Å². The Morgan fingerprint density at radius 2 is 1.67 bits per heavy atom. The first-order valence-electron chi connectivity index (χ1n) is 8.88. The van der Waals surface area contributed by atoms with Crippen LogP contribution in [0.3, 0.4) is 0 Å². The van der Waals surface area contributed by atoms with E-state index in [1.807, 2.05) is 68.4 Å². The molecule has 6 heteroatoms. The Labute approximate surface area is 167 Å². The average molecular weight is 390 g/mol. The fraction of sp³-hybridized carbons (Fsp3) is 0.333. The van der Waals surface area contributed by atoms with Gasteiger partial charge in [-0.1, -0.05) is 55.5 Å². The van der Waals surface area contributed by atoms with E-state index in [0.29, 0.717) is 18.8 Å². The smallest absolute Gasteiger partial charge is 0.229 e. The molecule has 0 aliphatic rings. The van der Waals surface area contributed by atoms with Gasteiger partial charge in [0.15, 0.2) is 0 Å². The first kappa shape index (κ1) is 22.7. The summed E-state index contributed by atoms with van der Waals surface area (Å²) in [6.07, 6.45) is 0. The standard InChI is InChI=1S/C21H27N3O2.ClH/c1-4-24(16(3)25)14-18-12-8-9-13-19(18)23-21(26)15(2)20(22)17-10-6-5-7-11-17;/h5-13,15,20H,4,14,22H2,1-3H3,(H,23,26);1H. The number of anilines is 1. The summed E-state index contributed by atoms with van der Waals surface area (Å²) in [5.41, 5.74) is 8.80. The van der Waals surface area contributed by atoms with Crippen molar-refractivity contribution >= 4 is 29.9 Å². The van der Waals surface area contributed by atoms with Crippen molar-refractivity contribution in [1.82, 2.24) is 4.90 Å². The predicted molar refractivity (Wildman–Crippen MR) is 112 cm³/mol. The largest absolute Gasteiger partial charge is 0.339 e. The number of nitrogens with zero attached hydrogens (tertiary/aromatic N) is 1. The van der Waals surface area contributed by atoms with Crippen LogP contribution >= 0.6 is 12.4 Å². The highest BCUT2D eigenvalue weighted by Crippen LogP contribution is 2.23. The molecule has 146 valence electrons. The lowest BCUT2D eigenvalue weighted by atomic mass is 9.94. The minimum absolute atomic E-state index is 0. The average Bonchev–Trinajstić information content (AvgIpc) is 2.66. The van der Waals surface area contributed by atoms with Crippen molar-refractivity contribution in [3.05, 3.63) is 65.7 Å². The van der Waals surface area contributed by atoms with E-state index in [0.717, 1.165) is 11.1 Å². The topological polar surface area (TPSA) is 75.4 Å². The molecule has 2 amide bonds. The molecule has 0 bridgehead atoms. The third-order valence-corrected chi connectivity index (χ3v) is 4.60. The quantitative estimate of drug-likeness (QED) is 0.757. The minimum Gasteiger partial charge on any atom is -0.339 e. The summed E-state index contributed by atoms with van der Waals surface area (Å²) >= 11 is 0. The van der Waals surface area contributed by atoms with Gasteiger partial charge in [-0.05, 0) is 24.1 Å². The summed E-state index contributed by atoms with van der Waals surface area (Å²) in [4.78, 5) is 26.1. The van der Waals surface area contributed by atoms with E-state index in [2.05, 4.69) is 5.32 Å². The maximum Gasteiger partial charge on any atom is 0.229 e. The summed E-state index contributed by atoms with van der Waals surface area (Å²) in [6, 6.07) is 16.8. The van der Waals surface area contributed by atoms with E-state index in [1.54, 1.807) is 11.8 Å². The molecule has 2 aromatic carbocycles. The number of halogens is 1. The van der Waals surface area contributed by atoms with Crippen LogP contribution in [0.2, 0.25) is 0 Å². The summed E-state index contributed by atoms with van der Waals surface area (Å²) in [5, 5.41) is 2.97. The molecule has 2 rings (SSSR count). The molecule has 3 N–H and O–H groups in total. The third-order valence-electron chi connectivity index (χ3n) is 4.60. The van der Waals surface area contributed by atoms with E-state index in [9.17, 15) is 9.59 Å². The van der Waals surface area contributed by atoms with E-state index in [-0.39, 0.29) is 36.2 Å². The Balaban J connectivity index is 0.00000364. The number of benzene rings is 2. The van der Waals surface area contributed by atoms with Crippen LogP contribution in [-0.4, -0.2) is 23.3 Å². The van der Waals surface area contributed by atoms with Crippen molar-refractivity contribution in [3.8, 4) is 0 Å². The number of amides is 2. The molecular formula is C21H28ClN3O2. The molecule has 0 saturated heterocycles. The van der Waals surface area contributed by atoms with Crippen LogP contribution in [0.5, 0.6) is 0 Å². The molecule has 0 aromatic heterocycles. The Morgan fingerprint density at radius 1 is 1.07 bits per heavy atom. The first-order valence-corrected chi connectivity index (χ1v) is 8.88. The first-order chi connectivity index (χ1) is 12.4. The zero-order valence-corrected chi connectivity index (χ0v) is 16.8. The Kier molecular flexibility index (Phi) is 8.98. The van der Waals surface area contributed by atoms with Gasteiger partial charge in [0.05, 0.1) is 5.92 Å². The summed E-state index contributed by atoms with van der Waals surface area (Å²) in [6.45, 7) is 6.38. The normalized spacial score (nSPS) is 12.4. The van der Waals surface area contributed by atoms with Crippen LogP contribution in [-0.2, 0) is 16.1 Å². The summed E-state index contributed by atoms with van der Waals surface area (Å²) in [5.74, 6) is -0.520. The van der Waals surface area contributed by atoms with Gasteiger partial charge in [-0.3, -0.25) is 9.59 Å². The van der Waals surface area contributed by atoms with Crippen LogP contribution in [0.25, 0.3) is 0 Å². The molecule has 27 heavy (non-hydrogen) atoms. The van der Waals surface area contributed by atoms with Crippen molar-refractivity contribution in [2.24, 2.45) is 11.7 Å². The van der Waals surface area contributed by atoms with Gasteiger partial charge in [-0.15, -0.1) is 12.4 Å². The van der Waals surface area contributed by atoms with Crippen molar-refractivity contribution in [1.29, 1.82) is 0 Å². The molecule has 2 atom stereocenters. The number of nitrogens with two attached hydrogens (primary N) is 1. The molecular weight excluding hydrogens is 362 g/mol. The fourth-order valence-electron chi connectivity index (χ4n) is 2.81. The second-order valence-electron chi connectivity index (χ2n) is 6.40. The summed E-state index contributed by atoms with van der Waals surface area (Å²) in [7, 11) is 0. The highest BCUT2D eigenvalue weighted by atomic mass is 35.5. The van der Waals surface area contributed by atoms with Crippen LogP contribution in [0.4, 0.5) is 5.69 Å². The van der Waals surface area contributed by atoms with Crippen molar-refractivity contribution in [3.63, 3.8) is 0 Å². The maximum atomic E-state index is 12.7. The van der Waals surface area contributed by atoms with Gasteiger partial charge in [0.1, 0.15) is 0 Å². The summed E-state index contributed by atoms with van der Waals surface area (Å²) < 4.78 is 0. The van der Waals surface area contributed by atoms with Crippen LogP contribution < -0.4 is 11.1 Å². The highest BCUT2D eigenvalue weighted by molar-refractivity contribution is 5.93. The number of hydrogen-bond acceptors (Lipinski definition) is 3. The Bertz CT molecular complexity index is 752. The predicted octanol–water partition coefficient (Wildman–Crippen LogP) is 3.75. The van der Waals surface area contributed by atoms with Crippen molar-refractivity contribution in [2.45, 2.75) is 33.4 Å². The van der Waals surface area contributed by atoms with Gasteiger partial charge in [0.2, 0.25) is 11.8 Å². The molecule has 0 aliphatic carbocycles. The Morgan fingerprint density at radius 3 is 2.26 bits per heavy atom. The number of carbonyl (C=O) groups is 2. The molecule has 0 heterocycles. The molecule has 2 unspecified atom stereocenters. The number of rotatable bonds is 7. The van der Waals surface area contributed by atoms with Gasteiger partial charge in [0, 0.05) is 31.7 Å². The van der Waals surface area contributed by atoms with Crippen LogP contribution in [0.15, 0.2) is 54.6 Å². The second kappa shape index (κ2) is 10.7. The monoisotopic (exact) mass is 389 g/mol. The highest BCUT2D eigenvalue weighted by Gasteiger charge is 2.23. The molecule has 0 aliphatic heterocycles. The van der Waals surface area contributed by atoms with Gasteiger partial charge >= 0.3 is 0 Å². The number of hydrogen-bond donors (Lipinski definition) is 2. The van der Waals surface area contributed by atoms with E-state index in [1.165, 1.54) is 0 Å². The molecule has 2 aromatic rings. The van der Waals surface area contributed by atoms with Gasteiger partial charge in [0.25, 0.3) is 0 Å². The van der Waals surface area contributed by atoms with Crippen LogP contribution in [0.1, 0.15) is 37.9 Å². The lowest BCUT2D eigenvalue weighted by molar-refractivity contribution is -0.129. The van der Waals surface area contributed by atoms with E-state index >= 15 is 0 Å². The van der Waals surface area contributed by atoms with Gasteiger partial charge in [-0.2, -0.15) is 0 Å². The zero-order valence-electron chi connectivity index (χ0n) is 16.0. The van der Waals surface area contributed by atoms with Gasteiger partial charge in [-0.25, -0.2) is 0 Å². The minimum atomic E-state index is -0.388. The molecule has 5 nitrogen and oxygen atoms in total. The SMILES string of the molecule is CCN(Cc1ccccc1NC(=O)C(C)C(N)c1ccccc1)C(C)=O.Cl.